The van der Waals surface area contributed by atoms with Crippen LogP contribution in [-0.4, -0.2) is 18.0 Å². The number of hydrogen-bond acceptors (Lipinski definition) is 5. The van der Waals surface area contributed by atoms with E-state index in [1.165, 1.54) is 37.4 Å². The average Bonchev–Trinajstić information content (AvgIpc) is 2.76. The minimum Gasteiger partial charge on any atom is -0.493 e. The molecule has 0 atom stereocenters. The van der Waals surface area contributed by atoms with E-state index in [1.807, 2.05) is 0 Å². The van der Waals surface area contributed by atoms with Gasteiger partial charge in [-0.3, -0.25) is 20.6 Å². The SMILES string of the molecule is COc1ccc(C(=O)NNc2ccccc2C(F)(F)F)cc1OCc1ccncc1. The standard InChI is InChI=1S/C21H18F3N3O3/c1-29-18-7-6-15(12-19(18)30-13-14-8-10-25-11-9-14)20(28)27-26-17-5-3-2-4-16(17)21(22,23)24/h2-12,26H,13H2,1H3,(H,27,28). The van der Waals surface area contributed by atoms with Gasteiger partial charge in [0, 0.05) is 18.0 Å². The Labute approximate surface area is 170 Å². The number of pyridine rings is 1. The molecule has 0 aliphatic rings. The fraction of sp³-hybridized carbons (Fsp3) is 0.143. The minimum atomic E-state index is -4.55. The van der Waals surface area contributed by atoms with E-state index in [1.54, 1.807) is 30.6 Å². The molecule has 0 radical (unpaired) electrons. The Hall–Kier alpha value is -3.75. The quantitative estimate of drug-likeness (QED) is 0.556. The predicted molar refractivity (Wildman–Crippen MR) is 104 cm³/mol. The van der Waals surface area contributed by atoms with Gasteiger partial charge in [-0.1, -0.05) is 12.1 Å². The average molecular weight is 417 g/mol. The van der Waals surface area contributed by atoms with Gasteiger partial charge in [-0.05, 0) is 48.0 Å². The summed E-state index contributed by atoms with van der Waals surface area (Å²) in [6, 6.07) is 12.9. The van der Waals surface area contributed by atoms with Gasteiger partial charge in [0.2, 0.25) is 0 Å². The third-order valence-electron chi connectivity index (χ3n) is 4.11. The third kappa shape index (κ3) is 5.19. The van der Waals surface area contributed by atoms with Crippen LogP contribution in [0.5, 0.6) is 11.5 Å². The lowest BCUT2D eigenvalue weighted by molar-refractivity contribution is -0.137. The summed E-state index contributed by atoms with van der Waals surface area (Å²) in [4.78, 5) is 16.4. The lowest BCUT2D eigenvalue weighted by Gasteiger charge is -2.16. The molecular weight excluding hydrogens is 399 g/mol. The molecule has 0 aliphatic heterocycles. The third-order valence-corrected chi connectivity index (χ3v) is 4.11. The molecule has 0 saturated heterocycles. The number of hydrogen-bond donors (Lipinski definition) is 2. The Morgan fingerprint density at radius 1 is 1.03 bits per heavy atom. The molecule has 2 N–H and O–H groups in total. The predicted octanol–water partition coefficient (Wildman–Crippen LogP) is 4.44. The molecule has 1 heterocycles. The molecule has 0 bridgehead atoms. The van der Waals surface area contributed by atoms with E-state index in [2.05, 4.69) is 15.8 Å². The summed E-state index contributed by atoms with van der Waals surface area (Å²) < 4.78 is 50.2. The molecule has 0 spiro atoms. The first-order chi connectivity index (χ1) is 14.4. The summed E-state index contributed by atoms with van der Waals surface area (Å²) in [5.74, 6) is 0.0945. The van der Waals surface area contributed by atoms with Crippen LogP contribution in [-0.2, 0) is 12.8 Å². The van der Waals surface area contributed by atoms with Gasteiger partial charge >= 0.3 is 6.18 Å². The van der Waals surface area contributed by atoms with Crippen LogP contribution in [0.3, 0.4) is 0 Å². The van der Waals surface area contributed by atoms with Gasteiger partial charge in [0.25, 0.3) is 5.91 Å². The van der Waals surface area contributed by atoms with Crippen LogP contribution in [0.1, 0.15) is 21.5 Å². The topological polar surface area (TPSA) is 72.5 Å². The number of carbonyl (C=O) groups excluding carboxylic acids is 1. The first-order valence-corrected chi connectivity index (χ1v) is 8.81. The lowest BCUT2D eigenvalue weighted by atomic mass is 10.1. The van der Waals surface area contributed by atoms with Gasteiger partial charge in [-0.15, -0.1) is 0 Å². The lowest BCUT2D eigenvalue weighted by Crippen LogP contribution is -2.30. The molecule has 156 valence electrons. The molecule has 1 amide bonds. The molecular formula is C21H18F3N3O3. The highest BCUT2D eigenvalue weighted by molar-refractivity contribution is 5.95. The first-order valence-electron chi connectivity index (χ1n) is 8.81. The highest BCUT2D eigenvalue weighted by atomic mass is 19.4. The number of alkyl halides is 3. The smallest absolute Gasteiger partial charge is 0.418 e. The number of anilines is 1. The Morgan fingerprint density at radius 2 is 1.77 bits per heavy atom. The van der Waals surface area contributed by atoms with E-state index in [0.29, 0.717) is 11.5 Å². The Morgan fingerprint density at radius 3 is 2.47 bits per heavy atom. The molecule has 0 aliphatic carbocycles. The van der Waals surface area contributed by atoms with Gasteiger partial charge in [-0.2, -0.15) is 13.2 Å². The van der Waals surface area contributed by atoms with Crippen molar-refractivity contribution in [2.24, 2.45) is 0 Å². The molecule has 0 fully saturated rings. The highest BCUT2D eigenvalue weighted by Crippen LogP contribution is 2.34. The van der Waals surface area contributed by atoms with E-state index < -0.39 is 17.6 Å². The van der Waals surface area contributed by atoms with E-state index in [9.17, 15) is 18.0 Å². The summed E-state index contributed by atoms with van der Waals surface area (Å²) in [5, 5.41) is 0. The molecule has 9 heteroatoms. The van der Waals surface area contributed by atoms with Gasteiger partial charge in [0.15, 0.2) is 11.5 Å². The number of hydrazine groups is 1. The molecule has 0 saturated carbocycles. The fourth-order valence-electron chi connectivity index (χ4n) is 2.61. The summed E-state index contributed by atoms with van der Waals surface area (Å²) in [7, 11) is 1.46. The normalized spacial score (nSPS) is 10.9. The fourth-order valence-corrected chi connectivity index (χ4v) is 2.61. The van der Waals surface area contributed by atoms with Crippen LogP contribution in [0.2, 0.25) is 0 Å². The first kappa shape index (κ1) is 21.0. The molecule has 1 aromatic heterocycles. The van der Waals surface area contributed by atoms with E-state index in [-0.39, 0.29) is 17.9 Å². The van der Waals surface area contributed by atoms with Crippen molar-refractivity contribution in [3.8, 4) is 11.5 Å². The minimum absolute atomic E-state index is 0.178. The monoisotopic (exact) mass is 417 g/mol. The van der Waals surface area contributed by atoms with Gasteiger partial charge in [0.1, 0.15) is 6.61 Å². The van der Waals surface area contributed by atoms with Crippen molar-refractivity contribution in [3.05, 3.63) is 83.7 Å². The van der Waals surface area contributed by atoms with Crippen molar-refractivity contribution >= 4 is 11.6 Å². The second-order valence-corrected chi connectivity index (χ2v) is 6.13. The Balaban J connectivity index is 1.72. The number of methoxy groups -OCH3 is 1. The summed E-state index contributed by atoms with van der Waals surface area (Å²) in [6.07, 6.45) is -1.29. The van der Waals surface area contributed by atoms with Crippen LogP contribution >= 0.6 is 0 Å². The number of nitrogens with one attached hydrogen (secondary N) is 2. The largest absolute Gasteiger partial charge is 0.493 e. The van der Waals surface area contributed by atoms with Crippen LogP contribution in [0.15, 0.2) is 67.0 Å². The highest BCUT2D eigenvalue weighted by Gasteiger charge is 2.33. The number of halogens is 3. The van der Waals surface area contributed by atoms with Crippen molar-refractivity contribution < 1.29 is 27.4 Å². The number of aromatic nitrogens is 1. The summed E-state index contributed by atoms with van der Waals surface area (Å²) in [6.45, 7) is 0.223. The Bertz CT molecular complexity index is 1010. The van der Waals surface area contributed by atoms with Crippen LogP contribution in [0, 0.1) is 0 Å². The second-order valence-electron chi connectivity index (χ2n) is 6.13. The maximum Gasteiger partial charge on any atom is 0.418 e. The van der Waals surface area contributed by atoms with Crippen molar-refractivity contribution in [2.45, 2.75) is 12.8 Å². The number of nitrogens with zero attached hydrogens (tertiary/aromatic N) is 1. The second kappa shape index (κ2) is 9.17. The maximum absolute atomic E-state index is 13.1. The maximum atomic E-state index is 13.1. The number of carbonyl (C=O) groups is 1. The summed E-state index contributed by atoms with van der Waals surface area (Å²) in [5.41, 5.74) is 4.49. The van der Waals surface area contributed by atoms with Crippen LogP contribution in [0.4, 0.5) is 18.9 Å². The summed E-state index contributed by atoms with van der Waals surface area (Å²) >= 11 is 0. The molecule has 2 aromatic carbocycles. The van der Waals surface area contributed by atoms with Crippen LogP contribution in [0.25, 0.3) is 0 Å². The van der Waals surface area contributed by atoms with Crippen molar-refractivity contribution in [1.29, 1.82) is 0 Å². The number of amides is 1. The molecule has 0 unspecified atom stereocenters. The Kier molecular flexibility index (Phi) is 6.41. The van der Waals surface area contributed by atoms with E-state index in [0.717, 1.165) is 11.6 Å². The van der Waals surface area contributed by atoms with E-state index >= 15 is 0 Å². The van der Waals surface area contributed by atoms with Gasteiger partial charge in [0.05, 0.1) is 18.4 Å². The van der Waals surface area contributed by atoms with Gasteiger partial charge in [-0.25, -0.2) is 0 Å². The van der Waals surface area contributed by atoms with Crippen molar-refractivity contribution in [2.75, 3.05) is 12.5 Å². The van der Waals surface area contributed by atoms with Gasteiger partial charge < -0.3 is 9.47 Å². The van der Waals surface area contributed by atoms with Crippen LogP contribution < -0.4 is 20.3 Å². The number of benzene rings is 2. The zero-order chi connectivity index (χ0) is 21.6. The zero-order valence-corrected chi connectivity index (χ0v) is 15.9. The molecule has 6 nitrogen and oxygen atoms in total. The van der Waals surface area contributed by atoms with Crippen molar-refractivity contribution in [1.82, 2.24) is 10.4 Å². The van der Waals surface area contributed by atoms with Crippen molar-refractivity contribution in [3.63, 3.8) is 0 Å². The number of rotatable bonds is 7. The molecule has 3 aromatic rings. The molecule has 3 rings (SSSR count). The van der Waals surface area contributed by atoms with E-state index in [4.69, 9.17) is 9.47 Å². The number of ether oxygens (including phenoxy) is 2. The molecule has 30 heavy (non-hydrogen) atoms. The zero-order valence-electron chi connectivity index (χ0n) is 15.9. The number of para-hydroxylation sites is 1.